The van der Waals surface area contributed by atoms with E-state index in [1.165, 1.54) is 12.1 Å². The Hall–Kier alpha value is -3.02. The standard InChI is InChI=1S/C23H20Cl2FN3O4/c24-17-3-1-15(7-14(17)5-6-27)32-9-20(30)28-22-11-23(12-22,13-22)29-21(31)10-33-16-2-4-18(25)19(26)8-16/h1-4,7-8H,5,9-13H2,(H,28,30)(H,29,31). The van der Waals surface area contributed by atoms with Crippen LogP contribution in [0.4, 0.5) is 4.39 Å². The van der Waals surface area contributed by atoms with E-state index < -0.39 is 5.82 Å². The number of hydrogen-bond donors (Lipinski definition) is 2. The summed E-state index contributed by atoms with van der Waals surface area (Å²) < 4.78 is 24.3. The third-order valence-corrected chi connectivity index (χ3v) is 6.43. The molecule has 7 nitrogen and oxygen atoms in total. The van der Waals surface area contributed by atoms with E-state index >= 15 is 0 Å². The normalized spacial score (nSPS) is 22.2. The average molecular weight is 492 g/mol. The number of hydrogen-bond acceptors (Lipinski definition) is 5. The molecule has 0 aromatic heterocycles. The van der Waals surface area contributed by atoms with Crippen molar-refractivity contribution in [3.8, 4) is 17.6 Å². The maximum Gasteiger partial charge on any atom is 0.258 e. The van der Waals surface area contributed by atoms with Gasteiger partial charge in [0.2, 0.25) is 0 Å². The van der Waals surface area contributed by atoms with E-state index in [1.807, 2.05) is 6.07 Å². The number of nitriles is 1. The monoisotopic (exact) mass is 491 g/mol. The Labute approximate surface area is 199 Å². The van der Waals surface area contributed by atoms with Crippen LogP contribution in [-0.4, -0.2) is 36.1 Å². The van der Waals surface area contributed by atoms with Crippen molar-refractivity contribution in [1.82, 2.24) is 10.6 Å². The van der Waals surface area contributed by atoms with E-state index in [-0.39, 0.29) is 53.3 Å². The van der Waals surface area contributed by atoms with Crippen LogP contribution in [0.1, 0.15) is 24.8 Å². The van der Waals surface area contributed by atoms with Crippen molar-refractivity contribution in [2.45, 2.75) is 36.8 Å². The maximum absolute atomic E-state index is 13.4. The summed E-state index contributed by atoms with van der Waals surface area (Å²) in [4.78, 5) is 24.5. The summed E-state index contributed by atoms with van der Waals surface area (Å²) >= 11 is 11.6. The fourth-order valence-electron chi connectivity index (χ4n) is 4.44. The van der Waals surface area contributed by atoms with Gasteiger partial charge in [-0.1, -0.05) is 23.2 Å². The lowest BCUT2D eigenvalue weighted by atomic mass is 9.44. The van der Waals surface area contributed by atoms with Gasteiger partial charge in [-0.3, -0.25) is 9.59 Å². The smallest absolute Gasteiger partial charge is 0.258 e. The molecule has 0 heterocycles. The van der Waals surface area contributed by atoms with Crippen LogP contribution < -0.4 is 20.1 Å². The predicted molar refractivity (Wildman–Crippen MR) is 119 cm³/mol. The molecule has 0 unspecified atom stereocenters. The molecule has 5 rings (SSSR count). The first-order valence-electron chi connectivity index (χ1n) is 10.2. The molecule has 0 aliphatic heterocycles. The number of carbonyl (C=O) groups is 2. The van der Waals surface area contributed by atoms with Gasteiger partial charge < -0.3 is 20.1 Å². The van der Waals surface area contributed by atoms with Gasteiger partial charge >= 0.3 is 0 Å². The van der Waals surface area contributed by atoms with Gasteiger partial charge in [0.1, 0.15) is 17.3 Å². The Morgan fingerprint density at radius 3 is 1.97 bits per heavy atom. The van der Waals surface area contributed by atoms with Crippen molar-refractivity contribution in [2.75, 3.05) is 13.2 Å². The third kappa shape index (κ3) is 5.15. The summed E-state index contributed by atoms with van der Waals surface area (Å²) in [6, 6.07) is 10.9. The zero-order chi connectivity index (χ0) is 23.6. The molecule has 2 aromatic rings. The van der Waals surface area contributed by atoms with Crippen LogP contribution in [0.3, 0.4) is 0 Å². The Morgan fingerprint density at radius 1 is 0.939 bits per heavy atom. The van der Waals surface area contributed by atoms with E-state index in [4.69, 9.17) is 37.9 Å². The lowest BCUT2D eigenvalue weighted by molar-refractivity contribution is -0.151. The number of nitrogens with zero attached hydrogens (tertiary/aromatic N) is 1. The van der Waals surface area contributed by atoms with Crippen LogP contribution in [0.2, 0.25) is 10.0 Å². The van der Waals surface area contributed by atoms with Gasteiger partial charge in [0.05, 0.1) is 17.5 Å². The minimum atomic E-state index is -0.616. The fraction of sp³-hybridized carbons (Fsp3) is 0.348. The number of ether oxygens (including phenoxy) is 2. The Balaban J connectivity index is 1.18. The van der Waals surface area contributed by atoms with Gasteiger partial charge in [0.15, 0.2) is 13.2 Å². The summed E-state index contributed by atoms with van der Waals surface area (Å²) in [6.45, 7) is -0.412. The first-order chi connectivity index (χ1) is 15.7. The second-order valence-corrected chi connectivity index (χ2v) is 9.24. The molecule has 3 aliphatic carbocycles. The molecule has 2 bridgehead atoms. The van der Waals surface area contributed by atoms with Crippen LogP contribution >= 0.6 is 23.2 Å². The van der Waals surface area contributed by atoms with Crippen molar-refractivity contribution in [1.29, 1.82) is 5.26 Å². The zero-order valence-corrected chi connectivity index (χ0v) is 18.9. The SMILES string of the molecule is N#CCc1cc(OCC(=O)NC23CC(NC(=O)COc4ccc(Cl)c(F)c4)(C2)C3)ccc1Cl. The summed E-state index contributed by atoms with van der Waals surface area (Å²) in [5, 5.41) is 15.2. The highest BCUT2D eigenvalue weighted by Crippen LogP contribution is 2.60. The molecule has 172 valence electrons. The molecule has 33 heavy (non-hydrogen) atoms. The maximum atomic E-state index is 13.4. The highest BCUT2D eigenvalue weighted by molar-refractivity contribution is 6.31. The first kappa shape index (κ1) is 23.1. The van der Waals surface area contributed by atoms with Gasteiger partial charge in [-0.15, -0.1) is 0 Å². The van der Waals surface area contributed by atoms with E-state index in [1.54, 1.807) is 18.2 Å². The van der Waals surface area contributed by atoms with Gasteiger partial charge in [-0.2, -0.15) is 5.26 Å². The van der Waals surface area contributed by atoms with Crippen molar-refractivity contribution >= 4 is 35.0 Å². The summed E-state index contributed by atoms with van der Waals surface area (Å²) in [7, 11) is 0. The molecule has 0 atom stereocenters. The predicted octanol–water partition coefficient (Wildman–Crippen LogP) is 3.56. The Morgan fingerprint density at radius 2 is 1.45 bits per heavy atom. The minimum absolute atomic E-state index is 0.0182. The average Bonchev–Trinajstić information content (AvgIpc) is 2.73. The minimum Gasteiger partial charge on any atom is -0.484 e. The molecule has 3 fully saturated rings. The number of amides is 2. The number of halogens is 3. The third-order valence-electron chi connectivity index (χ3n) is 5.76. The largest absolute Gasteiger partial charge is 0.484 e. The zero-order valence-electron chi connectivity index (χ0n) is 17.4. The molecule has 3 aliphatic rings. The summed E-state index contributed by atoms with van der Waals surface area (Å²) in [5.41, 5.74) is -0.0402. The molecule has 2 aromatic carbocycles. The highest BCUT2D eigenvalue weighted by atomic mass is 35.5. The second kappa shape index (κ2) is 9.08. The molecule has 2 N–H and O–H groups in total. The summed E-state index contributed by atoms with van der Waals surface area (Å²) in [5.74, 6) is -0.520. The number of rotatable bonds is 9. The van der Waals surface area contributed by atoms with Crippen molar-refractivity contribution < 1.29 is 23.5 Å². The Kier molecular flexibility index (Phi) is 6.37. The molecule has 10 heteroatoms. The van der Waals surface area contributed by atoms with E-state index in [2.05, 4.69) is 10.6 Å². The number of carbonyl (C=O) groups excluding carboxylic acids is 2. The number of nitrogens with one attached hydrogen (secondary N) is 2. The molecular weight excluding hydrogens is 472 g/mol. The molecule has 0 radical (unpaired) electrons. The van der Waals surface area contributed by atoms with Crippen LogP contribution in [0.25, 0.3) is 0 Å². The van der Waals surface area contributed by atoms with E-state index in [0.29, 0.717) is 35.6 Å². The van der Waals surface area contributed by atoms with Crippen molar-refractivity contribution in [3.05, 3.63) is 57.8 Å². The van der Waals surface area contributed by atoms with Crippen LogP contribution in [0.5, 0.6) is 11.5 Å². The van der Waals surface area contributed by atoms with Crippen LogP contribution in [-0.2, 0) is 16.0 Å². The van der Waals surface area contributed by atoms with Crippen molar-refractivity contribution in [2.24, 2.45) is 0 Å². The van der Waals surface area contributed by atoms with Crippen molar-refractivity contribution in [3.63, 3.8) is 0 Å². The van der Waals surface area contributed by atoms with Gasteiger partial charge in [0, 0.05) is 22.2 Å². The fourth-order valence-corrected chi connectivity index (χ4v) is 4.74. The van der Waals surface area contributed by atoms with E-state index in [9.17, 15) is 14.0 Å². The van der Waals surface area contributed by atoms with Gasteiger partial charge in [0.25, 0.3) is 11.8 Å². The molecule has 0 saturated heterocycles. The number of benzene rings is 2. The molecular formula is C23H20Cl2FN3O4. The highest BCUT2D eigenvalue weighted by Gasteiger charge is 2.69. The van der Waals surface area contributed by atoms with Crippen LogP contribution in [0.15, 0.2) is 36.4 Å². The molecule has 2 amide bonds. The quantitative estimate of drug-likeness (QED) is 0.558. The van der Waals surface area contributed by atoms with E-state index in [0.717, 1.165) is 6.07 Å². The van der Waals surface area contributed by atoms with Crippen LogP contribution in [0, 0.1) is 17.1 Å². The molecule has 3 saturated carbocycles. The Bertz CT molecular complexity index is 1130. The first-order valence-corrected chi connectivity index (χ1v) is 11.0. The topological polar surface area (TPSA) is 100 Å². The van der Waals surface area contributed by atoms with Gasteiger partial charge in [-0.25, -0.2) is 4.39 Å². The summed E-state index contributed by atoms with van der Waals surface area (Å²) in [6.07, 6.45) is 2.03. The van der Waals surface area contributed by atoms with Gasteiger partial charge in [-0.05, 0) is 55.2 Å². The second-order valence-electron chi connectivity index (χ2n) is 8.43. The molecule has 0 spiro atoms. The lowest BCUT2D eigenvalue weighted by Gasteiger charge is -2.70. The lowest BCUT2D eigenvalue weighted by Crippen LogP contribution is -2.84.